The molecule has 16 heavy (non-hydrogen) atoms. The Balaban J connectivity index is 0.000000267. The molecule has 0 fully saturated rings. The van der Waals surface area contributed by atoms with Crippen LogP contribution in [0.1, 0.15) is 24.1 Å². The van der Waals surface area contributed by atoms with Crippen LogP contribution in [0.4, 0.5) is 0 Å². The number of hydrogen-bond acceptors (Lipinski definition) is 0. The number of aryl methyl sites for hydroxylation is 2. The van der Waals surface area contributed by atoms with Crippen molar-refractivity contribution in [1.82, 2.24) is 4.98 Å². The second kappa shape index (κ2) is 8.30. The molecule has 0 aromatic carbocycles. The van der Waals surface area contributed by atoms with E-state index in [0.717, 1.165) is 12.8 Å². The standard InChI is InChI=1S/C8H10.C6H9N.Ru/c1-2-5-8-6-3-4-7-8;1-5-3-4-7-6(5)2;/h2-4,6H,1,5,7H2;3-4,7H,1-2H3;. The van der Waals surface area contributed by atoms with E-state index in [1.54, 1.807) is 0 Å². The van der Waals surface area contributed by atoms with Crippen LogP contribution in [0.3, 0.4) is 0 Å². The van der Waals surface area contributed by atoms with Crippen molar-refractivity contribution in [2.24, 2.45) is 0 Å². The number of nitrogens with one attached hydrogen (secondary N) is 1. The molecule has 0 atom stereocenters. The Morgan fingerprint density at radius 3 is 2.50 bits per heavy atom. The summed E-state index contributed by atoms with van der Waals surface area (Å²) in [5, 5.41) is 0. The van der Waals surface area contributed by atoms with Crippen molar-refractivity contribution in [2.75, 3.05) is 0 Å². The second-order valence-corrected chi connectivity index (χ2v) is 3.74. The molecular weight excluding hydrogens is 283 g/mol. The Bertz CT molecular complexity index is 355. The zero-order valence-corrected chi connectivity index (χ0v) is 11.7. The molecule has 0 unspecified atom stereocenters. The molecular formula is C14H19NRu. The fourth-order valence-corrected chi connectivity index (χ4v) is 1.36. The monoisotopic (exact) mass is 303 g/mol. The van der Waals surface area contributed by atoms with Crippen molar-refractivity contribution < 1.29 is 19.5 Å². The van der Waals surface area contributed by atoms with Gasteiger partial charge in [0.2, 0.25) is 0 Å². The van der Waals surface area contributed by atoms with Gasteiger partial charge in [0.15, 0.2) is 0 Å². The van der Waals surface area contributed by atoms with Gasteiger partial charge in [0, 0.05) is 31.4 Å². The summed E-state index contributed by atoms with van der Waals surface area (Å²) in [4.78, 5) is 3.07. The van der Waals surface area contributed by atoms with E-state index in [9.17, 15) is 0 Å². The Kier molecular flexibility index (Phi) is 7.84. The van der Waals surface area contributed by atoms with Crippen LogP contribution >= 0.6 is 0 Å². The summed E-state index contributed by atoms with van der Waals surface area (Å²) in [5.74, 6) is 0. The molecule has 2 heteroatoms. The quantitative estimate of drug-likeness (QED) is 0.626. The predicted molar refractivity (Wildman–Crippen MR) is 66.9 cm³/mol. The van der Waals surface area contributed by atoms with E-state index in [-0.39, 0.29) is 19.5 Å². The molecule has 0 saturated carbocycles. The number of H-pyrrole nitrogens is 1. The van der Waals surface area contributed by atoms with Crippen molar-refractivity contribution in [3.63, 3.8) is 0 Å². The summed E-state index contributed by atoms with van der Waals surface area (Å²) < 4.78 is 0. The molecule has 88 valence electrons. The van der Waals surface area contributed by atoms with Gasteiger partial charge >= 0.3 is 0 Å². The largest absolute Gasteiger partial charge is 0.365 e. The summed E-state index contributed by atoms with van der Waals surface area (Å²) in [7, 11) is 0. The third kappa shape index (κ3) is 5.27. The molecule has 0 radical (unpaired) electrons. The zero-order valence-electron chi connectivity index (χ0n) is 9.94. The SMILES string of the molecule is C=CCC1=CC=CC1.Cc1cc[nH]c1C.[Ru]. The number of allylic oxidation sites excluding steroid dienone is 5. The molecule has 0 amide bonds. The number of aromatic amines is 1. The van der Waals surface area contributed by atoms with Crippen LogP contribution < -0.4 is 0 Å². The summed E-state index contributed by atoms with van der Waals surface area (Å²) in [6, 6.07) is 2.06. The first-order valence-electron chi connectivity index (χ1n) is 5.30. The summed E-state index contributed by atoms with van der Waals surface area (Å²) in [6.07, 6.45) is 12.5. The molecule has 0 aliphatic heterocycles. The predicted octanol–water partition coefficient (Wildman–Crippen LogP) is 4.08. The van der Waals surface area contributed by atoms with Crippen molar-refractivity contribution in [3.8, 4) is 0 Å². The van der Waals surface area contributed by atoms with Crippen molar-refractivity contribution >= 4 is 0 Å². The Labute approximate surface area is 111 Å². The van der Waals surface area contributed by atoms with Crippen LogP contribution in [0.5, 0.6) is 0 Å². The second-order valence-electron chi connectivity index (χ2n) is 3.74. The molecule has 1 nitrogen and oxygen atoms in total. The topological polar surface area (TPSA) is 15.8 Å². The molecule has 0 saturated heterocycles. The molecule has 0 spiro atoms. The minimum atomic E-state index is 0. The van der Waals surface area contributed by atoms with Gasteiger partial charge in [-0.1, -0.05) is 29.9 Å². The maximum atomic E-state index is 3.66. The molecule has 1 N–H and O–H groups in total. The fourth-order valence-electron chi connectivity index (χ4n) is 1.36. The third-order valence-electron chi connectivity index (χ3n) is 2.48. The maximum Gasteiger partial charge on any atom is 0.0145 e. The molecule has 1 aliphatic rings. The van der Waals surface area contributed by atoms with E-state index in [2.05, 4.69) is 49.7 Å². The Morgan fingerprint density at radius 1 is 1.44 bits per heavy atom. The fraction of sp³-hybridized carbons (Fsp3) is 0.286. The first-order chi connectivity index (χ1) is 7.24. The average molecular weight is 302 g/mol. The van der Waals surface area contributed by atoms with Gasteiger partial charge in [-0.25, -0.2) is 0 Å². The molecule has 1 aliphatic carbocycles. The van der Waals surface area contributed by atoms with E-state index in [1.807, 2.05) is 12.3 Å². The summed E-state index contributed by atoms with van der Waals surface area (Å²) >= 11 is 0. The van der Waals surface area contributed by atoms with Crippen LogP contribution in [-0.4, -0.2) is 4.98 Å². The molecule has 2 rings (SSSR count). The van der Waals surface area contributed by atoms with Crippen LogP contribution in [-0.2, 0) is 19.5 Å². The van der Waals surface area contributed by atoms with E-state index in [4.69, 9.17) is 0 Å². The minimum Gasteiger partial charge on any atom is -0.365 e. The normalized spacial score (nSPS) is 12.2. The van der Waals surface area contributed by atoms with Crippen LogP contribution in [0, 0.1) is 13.8 Å². The van der Waals surface area contributed by atoms with Gasteiger partial charge in [-0.05, 0) is 38.3 Å². The van der Waals surface area contributed by atoms with Gasteiger partial charge in [0.25, 0.3) is 0 Å². The molecule has 1 aromatic heterocycles. The first-order valence-corrected chi connectivity index (χ1v) is 5.30. The summed E-state index contributed by atoms with van der Waals surface area (Å²) in [5.41, 5.74) is 4.07. The van der Waals surface area contributed by atoms with Crippen molar-refractivity contribution in [2.45, 2.75) is 26.7 Å². The van der Waals surface area contributed by atoms with Gasteiger partial charge in [0.1, 0.15) is 0 Å². The van der Waals surface area contributed by atoms with Gasteiger partial charge in [-0.2, -0.15) is 0 Å². The van der Waals surface area contributed by atoms with E-state index >= 15 is 0 Å². The molecule has 0 bridgehead atoms. The third-order valence-corrected chi connectivity index (χ3v) is 2.48. The van der Waals surface area contributed by atoms with Crippen LogP contribution in [0.25, 0.3) is 0 Å². The van der Waals surface area contributed by atoms with Gasteiger partial charge in [-0.3, -0.25) is 0 Å². The Morgan fingerprint density at radius 2 is 2.19 bits per heavy atom. The van der Waals surface area contributed by atoms with E-state index in [0.29, 0.717) is 0 Å². The number of hydrogen-bond donors (Lipinski definition) is 1. The van der Waals surface area contributed by atoms with Gasteiger partial charge in [0.05, 0.1) is 0 Å². The molecule has 1 heterocycles. The summed E-state index contributed by atoms with van der Waals surface area (Å²) in [6.45, 7) is 7.81. The van der Waals surface area contributed by atoms with E-state index < -0.39 is 0 Å². The molecule has 1 aromatic rings. The minimum absolute atomic E-state index is 0. The van der Waals surface area contributed by atoms with Crippen LogP contribution in [0.15, 0.2) is 48.7 Å². The van der Waals surface area contributed by atoms with Crippen molar-refractivity contribution in [3.05, 3.63) is 60.0 Å². The van der Waals surface area contributed by atoms with Crippen LogP contribution in [0.2, 0.25) is 0 Å². The Hall–Kier alpha value is -0.877. The average Bonchev–Trinajstić information content (AvgIpc) is 2.82. The van der Waals surface area contributed by atoms with Crippen molar-refractivity contribution in [1.29, 1.82) is 0 Å². The maximum absolute atomic E-state index is 3.66. The van der Waals surface area contributed by atoms with Gasteiger partial charge < -0.3 is 4.98 Å². The zero-order chi connectivity index (χ0) is 11.1. The van der Waals surface area contributed by atoms with Gasteiger partial charge in [-0.15, -0.1) is 6.58 Å². The number of aromatic nitrogens is 1. The first kappa shape index (κ1) is 15.1. The smallest absolute Gasteiger partial charge is 0.0145 e. The van der Waals surface area contributed by atoms with E-state index in [1.165, 1.54) is 16.8 Å². The number of rotatable bonds is 2.